The number of non-ortho nitro benzene ring substituents is 1. The third-order valence-corrected chi connectivity index (χ3v) is 4.81. The Morgan fingerprint density at radius 3 is 2.41 bits per heavy atom. The van der Waals surface area contributed by atoms with Gasteiger partial charge in [0.05, 0.1) is 9.80 Å². The average Bonchev–Trinajstić information content (AvgIpc) is 3.27. The molecule has 9 heteroatoms. The zero-order chi connectivity index (χ0) is 20.6. The minimum atomic E-state index is -0.457. The molecule has 0 aliphatic heterocycles. The van der Waals surface area contributed by atoms with Crippen molar-refractivity contribution < 1.29 is 14.5 Å². The van der Waals surface area contributed by atoms with Crippen molar-refractivity contribution in [2.24, 2.45) is 0 Å². The second kappa shape index (κ2) is 9.47. The van der Waals surface area contributed by atoms with Crippen molar-refractivity contribution in [3.05, 3.63) is 86.6 Å². The van der Waals surface area contributed by atoms with Crippen LogP contribution >= 0.6 is 11.3 Å². The van der Waals surface area contributed by atoms with E-state index in [4.69, 9.17) is 0 Å². The molecular formula is C20H18N4O4S. The van der Waals surface area contributed by atoms with Crippen molar-refractivity contribution in [2.75, 3.05) is 23.7 Å². The van der Waals surface area contributed by atoms with Gasteiger partial charge in [0, 0.05) is 42.2 Å². The number of nitrogens with zero attached hydrogens (tertiary/aromatic N) is 1. The van der Waals surface area contributed by atoms with Gasteiger partial charge < -0.3 is 16.0 Å². The summed E-state index contributed by atoms with van der Waals surface area (Å²) in [4.78, 5) is 35.2. The van der Waals surface area contributed by atoms with E-state index in [1.165, 1.54) is 23.5 Å². The molecule has 3 aromatic rings. The lowest BCUT2D eigenvalue weighted by Crippen LogP contribution is -2.28. The fraction of sp³-hybridized carbons (Fsp3) is 0.100. The summed E-state index contributed by atoms with van der Waals surface area (Å²) in [5.74, 6) is -0.479. The predicted octanol–water partition coefficient (Wildman–Crippen LogP) is 3.75. The fourth-order valence-corrected chi connectivity index (χ4v) is 3.14. The van der Waals surface area contributed by atoms with E-state index in [0.29, 0.717) is 29.2 Å². The zero-order valence-electron chi connectivity index (χ0n) is 15.3. The van der Waals surface area contributed by atoms with Crippen LogP contribution < -0.4 is 16.0 Å². The number of nitro groups is 1. The average molecular weight is 410 g/mol. The maximum Gasteiger partial charge on any atom is 0.269 e. The molecule has 0 saturated heterocycles. The highest BCUT2D eigenvalue weighted by Gasteiger charge is 2.10. The number of rotatable bonds is 8. The largest absolute Gasteiger partial charge is 0.383 e. The Bertz CT molecular complexity index is 1000. The van der Waals surface area contributed by atoms with Crippen molar-refractivity contribution in [3.8, 4) is 0 Å². The van der Waals surface area contributed by atoms with Gasteiger partial charge in [-0.2, -0.15) is 0 Å². The first kappa shape index (κ1) is 20.0. The molecule has 2 aromatic carbocycles. The topological polar surface area (TPSA) is 113 Å². The number of carbonyl (C=O) groups is 2. The molecule has 3 N–H and O–H groups in total. The van der Waals surface area contributed by atoms with E-state index in [0.717, 1.165) is 5.69 Å². The van der Waals surface area contributed by atoms with Crippen LogP contribution in [0.5, 0.6) is 0 Å². The number of hydrogen-bond acceptors (Lipinski definition) is 6. The molecule has 3 rings (SSSR count). The first-order valence-corrected chi connectivity index (χ1v) is 9.62. The summed E-state index contributed by atoms with van der Waals surface area (Å²) in [6, 6.07) is 16.3. The van der Waals surface area contributed by atoms with Crippen LogP contribution in [0.15, 0.2) is 66.0 Å². The molecule has 0 aliphatic rings. The Kier molecular flexibility index (Phi) is 6.54. The molecular weight excluding hydrogens is 392 g/mol. The molecule has 0 aliphatic carbocycles. The lowest BCUT2D eigenvalue weighted by atomic mass is 10.2. The van der Waals surface area contributed by atoms with Gasteiger partial charge in [-0.05, 0) is 41.8 Å². The number of thiophene rings is 1. The van der Waals surface area contributed by atoms with Crippen LogP contribution in [0, 0.1) is 10.1 Å². The Morgan fingerprint density at radius 2 is 1.72 bits per heavy atom. The molecule has 8 nitrogen and oxygen atoms in total. The third-order valence-electron chi connectivity index (χ3n) is 3.95. The predicted molar refractivity (Wildman–Crippen MR) is 113 cm³/mol. The molecule has 148 valence electrons. The van der Waals surface area contributed by atoms with Gasteiger partial charge in [-0.25, -0.2) is 0 Å². The first-order valence-electron chi connectivity index (χ1n) is 8.74. The molecule has 0 unspecified atom stereocenters. The summed E-state index contributed by atoms with van der Waals surface area (Å²) in [7, 11) is 0. The van der Waals surface area contributed by atoms with Crippen molar-refractivity contribution in [2.45, 2.75) is 0 Å². The molecule has 29 heavy (non-hydrogen) atoms. The zero-order valence-corrected chi connectivity index (χ0v) is 16.1. The van der Waals surface area contributed by atoms with Crippen LogP contribution in [0.3, 0.4) is 0 Å². The monoisotopic (exact) mass is 410 g/mol. The molecule has 0 spiro atoms. The summed E-state index contributed by atoms with van der Waals surface area (Å²) < 4.78 is 0. The molecule has 0 bridgehead atoms. The third kappa shape index (κ3) is 5.63. The number of amides is 2. The molecule has 1 aromatic heterocycles. The van der Waals surface area contributed by atoms with Crippen molar-refractivity contribution in [1.82, 2.24) is 5.32 Å². The van der Waals surface area contributed by atoms with E-state index in [1.54, 1.807) is 48.5 Å². The van der Waals surface area contributed by atoms with Crippen LogP contribution in [-0.2, 0) is 0 Å². The van der Waals surface area contributed by atoms with Gasteiger partial charge in [0.1, 0.15) is 0 Å². The fourth-order valence-electron chi connectivity index (χ4n) is 2.52. The van der Waals surface area contributed by atoms with Gasteiger partial charge in [-0.3, -0.25) is 19.7 Å². The van der Waals surface area contributed by atoms with Crippen molar-refractivity contribution >= 4 is 40.2 Å². The number of benzene rings is 2. The highest BCUT2D eigenvalue weighted by atomic mass is 32.1. The minimum Gasteiger partial charge on any atom is -0.383 e. The Labute approximate surface area is 170 Å². The van der Waals surface area contributed by atoms with Gasteiger partial charge in [-0.1, -0.05) is 12.1 Å². The van der Waals surface area contributed by atoms with Crippen LogP contribution in [-0.4, -0.2) is 29.8 Å². The van der Waals surface area contributed by atoms with Gasteiger partial charge >= 0.3 is 0 Å². The maximum absolute atomic E-state index is 12.3. The SMILES string of the molecule is O=C(NCCNc1ccc([N+](=O)[O-])cc1)c1cccc(NC(=O)c2cccs2)c1. The molecule has 0 fully saturated rings. The molecule has 2 amide bonds. The van der Waals surface area contributed by atoms with Gasteiger partial charge in [0.25, 0.3) is 17.5 Å². The maximum atomic E-state index is 12.3. The first-order chi connectivity index (χ1) is 14.0. The quantitative estimate of drug-likeness (QED) is 0.297. The van der Waals surface area contributed by atoms with Crippen LogP contribution in [0.4, 0.5) is 17.1 Å². The van der Waals surface area contributed by atoms with E-state index in [9.17, 15) is 19.7 Å². The van der Waals surface area contributed by atoms with Crippen LogP contribution in [0.25, 0.3) is 0 Å². The minimum absolute atomic E-state index is 0.0231. The Morgan fingerprint density at radius 1 is 0.931 bits per heavy atom. The van der Waals surface area contributed by atoms with E-state index in [1.807, 2.05) is 5.38 Å². The van der Waals surface area contributed by atoms with Crippen LogP contribution in [0.1, 0.15) is 20.0 Å². The van der Waals surface area contributed by atoms with Crippen molar-refractivity contribution in [1.29, 1.82) is 0 Å². The number of nitrogens with one attached hydrogen (secondary N) is 3. The van der Waals surface area contributed by atoms with E-state index in [2.05, 4.69) is 16.0 Å². The number of carbonyl (C=O) groups excluding carboxylic acids is 2. The summed E-state index contributed by atoms with van der Waals surface area (Å²) in [5.41, 5.74) is 1.72. The van der Waals surface area contributed by atoms with E-state index < -0.39 is 4.92 Å². The summed E-state index contributed by atoms with van der Waals surface area (Å²) in [5, 5.41) is 21.1. The molecule has 0 atom stereocenters. The Hall–Kier alpha value is -3.72. The van der Waals surface area contributed by atoms with Gasteiger partial charge in [0.15, 0.2) is 0 Å². The standard InChI is InChI=1S/C20H18N4O4S/c25-19(22-11-10-21-15-6-8-17(9-7-15)24(27)28)14-3-1-4-16(13-14)23-20(26)18-5-2-12-29-18/h1-9,12-13,21H,10-11H2,(H,22,25)(H,23,26). The van der Waals surface area contributed by atoms with Gasteiger partial charge in [0.2, 0.25) is 0 Å². The van der Waals surface area contributed by atoms with E-state index >= 15 is 0 Å². The summed E-state index contributed by atoms with van der Waals surface area (Å²) in [6.07, 6.45) is 0. The normalized spacial score (nSPS) is 10.2. The van der Waals surface area contributed by atoms with Crippen LogP contribution in [0.2, 0.25) is 0 Å². The molecule has 0 radical (unpaired) electrons. The van der Waals surface area contributed by atoms with Gasteiger partial charge in [-0.15, -0.1) is 11.3 Å². The number of anilines is 2. The molecule has 0 saturated carbocycles. The lowest BCUT2D eigenvalue weighted by Gasteiger charge is -2.09. The number of nitro benzene ring substituents is 1. The molecule has 1 heterocycles. The van der Waals surface area contributed by atoms with E-state index in [-0.39, 0.29) is 17.5 Å². The highest BCUT2D eigenvalue weighted by molar-refractivity contribution is 7.12. The second-order valence-corrected chi connectivity index (χ2v) is 6.95. The smallest absolute Gasteiger partial charge is 0.269 e. The summed E-state index contributed by atoms with van der Waals surface area (Å²) in [6.45, 7) is 0.819. The van der Waals surface area contributed by atoms with Crippen molar-refractivity contribution in [3.63, 3.8) is 0 Å². The number of hydrogen-bond donors (Lipinski definition) is 3. The lowest BCUT2D eigenvalue weighted by molar-refractivity contribution is -0.384. The summed E-state index contributed by atoms with van der Waals surface area (Å²) >= 11 is 1.34. The Balaban J connectivity index is 1.48. The highest BCUT2D eigenvalue weighted by Crippen LogP contribution is 2.16. The second-order valence-electron chi connectivity index (χ2n) is 6.00.